The van der Waals surface area contributed by atoms with Crippen molar-refractivity contribution in [1.29, 1.82) is 0 Å². The molecule has 3 N–H and O–H groups in total. The number of para-hydroxylation sites is 1. The zero-order chi connectivity index (χ0) is 16.8. The van der Waals surface area contributed by atoms with E-state index in [1.807, 2.05) is 42.5 Å². The molecule has 0 aliphatic heterocycles. The molecule has 3 rings (SSSR count). The van der Waals surface area contributed by atoms with E-state index >= 15 is 0 Å². The molecule has 1 fully saturated rings. The molecule has 2 amide bonds. The zero-order valence-corrected chi connectivity index (χ0v) is 13.4. The number of hydrogen-bond acceptors (Lipinski definition) is 3. The molecule has 1 aliphatic carbocycles. The predicted molar refractivity (Wildman–Crippen MR) is 95.2 cm³/mol. The van der Waals surface area contributed by atoms with E-state index in [0.717, 1.165) is 37.1 Å². The van der Waals surface area contributed by atoms with E-state index in [1.165, 1.54) is 0 Å². The fourth-order valence-corrected chi connectivity index (χ4v) is 2.83. The first-order valence-electron chi connectivity index (χ1n) is 8.25. The van der Waals surface area contributed by atoms with Gasteiger partial charge in [-0.25, -0.2) is 0 Å². The number of carbonyl (C=O) groups excluding carboxylic acids is 2. The summed E-state index contributed by atoms with van der Waals surface area (Å²) in [4.78, 5) is 23.8. The molecule has 0 bridgehead atoms. The lowest BCUT2D eigenvalue weighted by Gasteiger charge is -2.12. The van der Waals surface area contributed by atoms with Crippen molar-refractivity contribution in [2.24, 2.45) is 0 Å². The van der Waals surface area contributed by atoms with Crippen molar-refractivity contribution in [1.82, 2.24) is 5.32 Å². The number of rotatable bonds is 4. The summed E-state index contributed by atoms with van der Waals surface area (Å²) in [5, 5.41) is 8.67. The van der Waals surface area contributed by atoms with Gasteiger partial charge in [0.15, 0.2) is 0 Å². The molecule has 0 saturated heterocycles. The van der Waals surface area contributed by atoms with Crippen LogP contribution in [0.3, 0.4) is 0 Å². The summed E-state index contributed by atoms with van der Waals surface area (Å²) in [5.74, 6) is -1.18. The Balaban J connectivity index is 1.53. The molecule has 24 heavy (non-hydrogen) atoms. The second kappa shape index (κ2) is 7.64. The molecule has 124 valence electrons. The lowest BCUT2D eigenvalue weighted by Crippen LogP contribution is -2.40. The van der Waals surface area contributed by atoms with Gasteiger partial charge >= 0.3 is 11.8 Å². The average Bonchev–Trinajstić information content (AvgIpc) is 3.10. The smallest absolute Gasteiger partial charge is 0.313 e. The number of nitrogens with one attached hydrogen (secondary N) is 3. The minimum absolute atomic E-state index is 0.140. The first-order chi connectivity index (χ1) is 11.7. The number of benzene rings is 2. The van der Waals surface area contributed by atoms with Gasteiger partial charge in [0.05, 0.1) is 0 Å². The number of anilines is 3. The third-order valence-electron chi connectivity index (χ3n) is 4.10. The molecule has 0 radical (unpaired) electrons. The summed E-state index contributed by atoms with van der Waals surface area (Å²) in [7, 11) is 0. The van der Waals surface area contributed by atoms with E-state index in [1.54, 1.807) is 12.1 Å². The minimum atomic E-state index is -0.620. The summed E-state index contributed by atoms with van der Waals surface area (Å²) in [6.45, 7) is 0. The Bertz CT molecular complexity index is 692. The maximum absolute atomic E-state index is 11.9. The Kier molecular flexibility index (Phi) is 5.11. The maximum Gasteiger partial charge on any atom is 0.313 e. The summed E-state index contributed by atoms with van der Waals surface area (Å²) in [6, 6.07) is 17.2. The molecule has 0 aromatic heterocycles. The number of amides is 2. The van der Waals surface area contributed by atoms with Crippen LogP contribution in [0.2, 0.25) is 0 Å². The summed E-state index contributed by atoms with van der Waals surface area (Å²) in [6.07, 6.45) is 4.14. The Morgan fingerprint density at radius 1 is 0.750 bits per heavy atom. The second-order valence-corrected chi connectivity index (χ2v) is 5.98. The zero-order valence-electron chi connectivity index (χ0n) is 13.4. The van der Waals surface area contributed by atoms with E-state index < -0.39 is 11.8 Å². The molecule has 0 unspecified atom stereocenters. The van der Waals surface area contributed by atoms with Crippen molar-refractivity contribution in [2.45, 2.75) is 31.7 Å². The highest BCUT2D eigenvalue weighted by atomic mass is 16.2. The largest absolute Gasteiger partial charge is 0.356 e. The van der Waals surface area contributed by atoms with Gasteiger partial charge in [-0.3, -0.25) is 9.59 Å². The summed E-state index contributed by atoms with van der Waals surface area (Å²) < 4.78 is 0. The van der Waals surface area contributed by atoms with Crippen molar-refractivity contribution in [3.05, 3.63) is 54.6 Å². The van der Waals surface area contributed by atoms with Crippen LogP contribution in [0.4, 0.5) is 17.1 Å². The Hall–Kier alpha value is -2.82. The molecular weight excluding hydrogens is 302 g/mol. The Labute approximate surface area is 141 Å². The van der Waals surface area contributed by atoms with Gasteiger partial charge in [0.25, 0.3) is 0 Å². The molecule has 5 heteroatoms. The Morgan fingerprint density at radius 3 is 2.00 bits per heavy atom. The standard InChI is InChI=1S/C19H21N3O2/c23-18(21-15-8-4-5-9-15)19(24)22-17-12-10-16(11-13-17)20-14-6-2-1-3-7-14/h1-3,6-7,10-13,15,20H,4-5,8-9H2,(H,21,23)(H,22,24). The molecule has 2 aromatic carbocycles. The molecule has 1 saturated carbocycles. The van der Waals surface area contributed by atoms with Crippen LogP contribution in [-0.4, -0.2) is 17.9 Å². The van der Waals surface area contributed by atoms with E-state index in [-0.39, 0.29) is 6.04 Å². The molecular formula is C19H21N3O2. The highest BCUT2D eigenvalue weighted by molar-refractivity contribution is 6.39. The van der Waals surface area contributed by atoms with Gasteiger partial charge in [0.1, 0.15) is 0 Å². The first-order valence-corrected chi connectivity index (χ1v) is 8.25. The van der Waals surface area contributed by atoms with Crippen LogP contribution in [-0.2, 0) is 9.59 Å². The van der Waals surface area contributed by atoms with Gasteiger partial charge in [-0.15, -0.1) is 0 Å². The fraction of sp³-hybridized carbons (Fsp3) is 0.263. The van der Waals surface area contributed by atoms with Crippen molar-refractivity contribution >= 4 is 28.9 Å². The van der Waals surface area contributed by atoms with Crippen molar-refractivity contribution in [3.63, 3.8) is 0 Å². The molecule has 0 heterocycles. The second-order valence-electron chi connectivity index (χ2n) is 5.98. The number of hydrogen-bond donors (Lipinski definition) is 3. The normalized spacial score (nSPS) is 14.2. The third-order valence-corrected chi connectivity index (χ3v) is 4.10. The summed E-state index contributed by atoms with van der Waals surface area (Å²) in [5.41, 5.74) is 2.50. The lowest BCUT2D eigenvalue weighted by atomic mass is 10.2. The van der Waals surface area contributed by atoms with Crippen LogP contribution < -0.4 is 16.0 Å². The van der Waals surface area contributed by atoms with Gasteiger partial charge in [-0.05, 0) is 49.2 Å². The maximum atomic E-state index is 11.9. The van der Waals surface area contributed by atoms with Gasteiger partial charge < -0.3 is 16.0 Å². The Morgan fingerprint density at radius 2 is 1.33 bits per heavy atom. The van der Waals surface area contributed by atoms with E-state index in [2.05, 4.69) is 16.0 Å². The third kappa shape index (κ3) is 4.35. The topological polar surface area (TPSA) is 70.2 Å². The van der Waals surface area contributed by atoms with Gasteiger partial charge in [-0.1, -0.05) is 31.0 Å². The fourth-order valence-electron chi connectivity index (χ4n) is 2.83. The van der Waals surface area contributed by atoms with Crippen LogP contribution in [0.1, 0.15) is 25.7 Å². The lowest BCUT2D eigenvalue weighted by molar-refractivity contribution is -0.136. The van der Waals surface area contributed by atoms with E-state index in [4.69, 9.17) is 0 Å². The molecule has 5 nitrogen and oxygen atoms in total. The molecule has 1 aliphatic rings. The van der Waals surface area contributed by atoms with Gasteiger partial charge in [0.2, 0.25) is 0 Å². The highest BCUT2D eigenvalue weighted by Crippen LogP contribution is 2.19. The summed E-state index contributed by atoms with van der Waals surface area (Å²) >= 11 is 0. The van der Waals surface area contributed by atoms with Crippen LogP contribution in [0.5, 0.6) is 0 Å². The van der Waals surface area contributed by atoms with Crippen LogP contribution >= 0.6 is 0 Å². The average molecular weight is 323 g/mol. The van der Waals surface area contributed by atoms with Gasteiger partial charge in [0, 0.05) is 23.1 Å². The molecule has 2 aromatic rings. The van der Waals surface area contributed by atoms with Crippen LogP contribution in [0.15, 0.2) is 54.6 Å². The van der Waals surface area contributed by atoms with Gasteiger partial charge in [-0.2, -0.15) is 0 Å². The van der Waals surface area contributed by atoms with Crippen LogP contribution in [0.25, 0.3) is 0 Å². The molecule has 0 spiro atoms. The van der Waals surface area contributed by atoms with Crippen molar-refractivity contribution in [3.8, 4) is 0 Å². The van der Waals surface area contributed by atoms with Crippen molar-refractivity contribution in [2.75, 3.05) is 10.6 Å². The number of carbonyl (C=O) groups is 2. The molecule has 0 atom stereocenters. The minimum Gasteiger partial charge on any atom is -0.356 e. The quantitative estimate of drug-likeness (QED) is 0.755. The van der Waals surface area contributed by atoms with E-state index in [9.17, 15) is 9.59 Å². The SMILES string of the molecule is O=C(Nc1ccc(Nc2ccccc2)cc1)C(=O)NC1CCCC1. The van der Waals surface area contributed by atoms with E-state index in [0.29, 0.717) is 5.69 Å². The van der Waals surface area contributed by atoms with Crippen molar-refractivity contribution < 1.29 is 9.59 Å². The monoisotopic (exact) mass is 323 g/mol. The van der Waals surface area contributed by atoms with Crippen LogP contribution in [0, 0.1) is 0 Å². The first kappa shape index (κ1) is 16.1. The highest BCUT2D eigenvalue weighted by Gasteiger charge is 2.21. The predicted octanol–water partition coefficient (Wildman–Crippen LogP) is 3.43.